The van der Waals surface area contributed by atoms with Gasteiger partial charge in [0.25, 0.3) is 0 Å². The summed E-state index contributed by atoms with van der Waals surface area (Å²) in [6, 6.07) is 5.49. The number of halogens is 1. The first-order valence-electron chi connectivity index (χ1n) is 6.00. The van der Waals surface area contributed by atoms with E-state index in [0.29, 0.717) is 13.1 Å². The normalized spacial score (nSPS) is 19.2. The molecule has 1 fully saturated rings. The van der Waals surface area contributed by atoms with Crippen LogP contribution in [0.5, 0.6) is 0 Å². The topological polar surface area (TPSA) is 69.6 Å². The number of benzene rings is 1. The van der Waals surface area contributed by atoms with Crippen molar-refractivity contribution in [2.45, 2.75) is 13.3 Å². The molecule has 5 nitrogen and oxygen atoms in total. The Bertz CT molecular complexity index is 519. The molecule has 0 aliphatic carbocycles. The van der Waals surface area contributed by atoms with E-state index in [2.05, 4.69) is 21.2 Å². The summed E-state index contributed by atoms with van der Waals surface area (Å²) in [7, 11) is 0. The first-order chi connectivity index (χ1) is 8.97. The molecule has 102 valence electrons. The van der Waals surface area contributed by atoms with Gasteiger partial charge in [0.2, 0.25) is 0 Å². The Morgan fingerprint density at radius 2 is 2.32 bits per heavy atom. The monoisotopic (exact) mass is 326 g/mol. The Balaban J connectivity index is 2.21. The number of amides is 2. The second-order valence-corrected chi connectivity index (χ2v) is 5.61. The number of aliphatic carboxylic acids is 1. The van der Waals surface area contributed by atoms with Crippen LogP contribution in [-0.2, 0) is 4.79 Å². The Morgan fingerprint density at radius 3 is 2.95 bits per heavy atom. The van der Waals surface area contributed by atoms with Gasteiger partial charge in [-0.3, -0.25) is 9.69 Å². The quantitative estimate of drug-likeness (QED) is 0.895. The van der Waals surface area contributed by atoms with Gasteiger partial charge in [-0.2, -0.15) is 0 Å². The number of anilines is 1. The van der Waals surface area contributed by atoms with Crippen LogP contribution < -0.4 is 10.2 Å². The number of carboxylic acids is 1. The summed E-state index contributed by atoms with van der Waals surface area (Å²) >= 11 is 3.38. The number of nitrogens with zero attached hydrogens (tertiary/aromatic N) is 1. The summed E-state index contributed by atoms with van der Waals surface area (Å²) in [6.45, 7) is 2.77. The minimum atomic E-state index is -0.839. The van der Waals surface area contributed by atoms with Crippen molar-refractivity contribution in [1.82, 2.24) is 5.32 Å². The van der Waals surface area contributed by atoms with E-state index >= 15 is 0 Å². The predicted molar refractivity (Wildman–Crippen MR) is 75.4 cm³/mol. The average molecular weight is 327 g/mol. The molecule has 1 atom stereocenters. The summed E-state index contributed by atoms with van der Waals surface area (Å²) in [5.74, 6) is -0.910. The maximum atomic E-state index is 11.9. The lowest BCUT2D eigenvalue weighted by Gasteiger charge is -2.33. The number of rotatable bonds is 3. The van der Waals surface area contributed by atoms with E-state index in [-0.39, 0.29) is 18.4 Å². The lowest BCUT2D eigenvalue weighted by atomic mass is 10.0. The van der Waals surface area contributed by atoms with E-state index in [0.717, 1.165) is 15.7 Å². The second-order valence-electron chi connectivity index (χ2n) is 4.69. The molecule has 2 N–H and O–H groups in total. The number of nitrogens with one attached hydrogen (secondary N) is 1. The molecule has 1 aliphatic heterocycles. The summed E-state index contributed by atoms with van der Waals surface area (Å²) in [6.07, 6.45) is 0.0619. The summed E-state index contributed by atoms with van der Waals surface area (Å²) in [5, 5.41) is 11.6. The van der Waals surface area contributed by atoms with E-state index in [1.54, 1.807) is 4.90 Å². The molecule has 1 aromatic rings. The van der Waals surface area contributed by atoms with Gasteiger partial charge in [-0.25, -0.2) is 4.79 Å². The third kappa shape index (κ3) is 3.26. The van der Waals surface area contributed by atoms with Gasteiger partial charge in [0.15, 0.2) is 0 Å². The van der Waals surface area contributed by atoms with Crippen LogP contribution in [0.3, 0.4) is 0 Å². The highest BCUT2D eigenvalue weighted by atomic mass is 79.9. The van der Waals surface area contributed by atoms with Gasteiger partial charge < -0.3 is 10.4 Å². The van der Waals surface area contributed by atoms with Crippen molar-refractivity contribution in [3.63, 3.8) is 0 Å². The van der Waals surface area contributed by atoms with E-state index < -0.39 is 5.97 Å². The average Bonchev–Trinajstić information content (AvgIpc) is 2.31. The lowest BCUT2D eigenvalue weighted by Crippen LogP contribution is -2.51. The van der Waals surface area contributed by atoms with Crippen molar-refractivity contribution in [2.24, 2.45) is 5.92 Å². The first-order valence-corrected chi connectivity index (χ1v) is 6.80. The fraction of sp³-hybridized carbons (Fsp3) is 0.385. The molecule has 1 aliphatic rings. The van der Waals surface area contributed by atoms with Crippen molar-refractivity contribution >= 4 is 33.6 Å². The van der Waals surface area contributed by atoms with Crippen LogP contribution in [0, 0.1) is 12.8 Å². The highest BCUT2D eigenvalue weighted by Crippen LogP contribution is 2.26. The minimum absolute atomic E-state index is 0.0619. The fourth-order valence-electron chi connectivity index (χ4n) is 2.25. The zero-order valence-corrected chi connectivity index (χ0v) is 12.1. The molecular weight excluding hydrogens is 312 g/mol. The summed E-state index contributed by atoms with van der Waals surface area (Å²) < 4.78 is 0.952. The first kappa shape index (κ1) is 13.9. The summed E-state index contributed by atoms with van der Waals surface area (Å²) in [4.78, 5) is 24.3. The van der Waals surface area contributed by atoms with Crippen LogP contribution in [0.2, 0.25) is 0 Å². The molecule has 6 heteroatoms. The van der Waals surface area contributed by atoms with Crippen LogP contribution >= 0.6 is 15.9 Å². The number of aryl methyl sites for hydroxylation is 1. The Hall–Kier alpha value is -1.56. The highest BCUT2D eigenvalue weighted by molar-refractivity contribution is 9.10. The van der Waals surface area contributed by atoms with Crippen molar-refractivity contribution in [3.8, 4) is 0 Å². The Morgan fingerprint density at radius 1 is 1.58 bits per heavy atom. The molecule has 1 heterocycles. The molecule has 0 aromatic heterocycles. The van der Waals surface area contributed by atoms with Crippen LogP contribution in [0.25, 0.3) is 0 Å². The third-order valence-electron chi connectivity index (χ3n) is 3.14. The van der Waals surface area contributed by atoms with Crippen LogP contribution in [0.1, 0.15) is 12.0 Å². The molecule has 0 spiro atoms. The van der Waals surface area contributed by atoms with Gasteiger partial charge >= 0.3 is 12.0 Å². The smallest absolute Gasteiger partial charge is 0.321 e. The standard InChI is InChI=1S/C13H15BrN2O3/c1-8-4-10(14)2-3-11(8)16-7-9(5-12(17)18)6-15-13(16)19/h2-4,9H,5-7H2,1H3,(H,15,19)(H,17,18). The SMILES string of the molecule is Cc1cc(Br)ccc1N1CC(CC(=O)O)CNC1=O. The largest absolute Gasteiger partial charge is 0.481 e. The zero-order chi connectivity index (χ0) is 14.0. The maximum absolute atomic E-state index is 11.9. The lowest BCUT2D eigenvalue weighted by molar-refractivity contribution is -0.138. The fourth-order valence-corrected chi connectivity index (χ4v) is 2.72. The van der Waals surface area contributed by atoms with Gasteiger partial charge in [-0.05, 0) is 30.7 Å². The van der Waals surface area contributed by atoms with E-state index in [4.69, 9.17) is 5.11 Å². The molecule has 2 amide bonds. The molecule has 1 unspecified atom stereocenters. The minimum Gasteiger partial charge on any atom is -0.481 e. The highest BCUT2D eigenvalue weighted by Gasteiger charge is 2.28. The molecule has 1 aromatic carbocycles. The molecule has 0 saturated carbocycles. The van der Waals surface area contributed by atoms with Crippen molar-refractivity contribution in [2.75, 3.05) is 18.0 Å². The van der Waals surface area contributed by atoms with Gasteiger partial charge in [0.05, 0.1) is 6.42 Å². The van der Waals surface area contributed by atoms with Crippen LogP contribution in [0.15, 0.2) is 22.7 Å². The number of carboxylic acid groups (broad SMARTS) is 1. The van der Waals surface area contributed by atoms with Crippen molar-refractivity contribution < 1.29 is 14.7 Å². The molecular formula is C13H15BrN2O3. The van der Waals surface area contributed by atoms with Gasteiger partial charge in [0.1, 0.15) is 0 Å². The maximum Gasteiger partial charge on any atom is 0.321 e. The van der Waals surface area contributed by atoms with Gasteiger partial charge in [-0.1, -0.05) is 15.9 Å². The number of urea groups is 1. The molecule has 1 saturated heterocycles. The zero-order valence-electron chi connectivity index (χ0n) is 10.5. The van der Waals surface area contributed by atoms with Crippen LogP contribution in [0.4, 0.5) is 10.5 Å². The molecule has 19 heavy (non-hydrogen) atoms. The van der Waals surface area contributed by atoms with Crippen molar-refractivity contribution in [3.05, 3.63) is 28.2 Å². The van der Waals surface area contributed by atoms with Crippen LogP contribution in [-0.4, -0.2) is 30.2 Å². The van der Waals surface area contributed by atoms with Crippen molar-refractivity contribution in [1.29, 1.82) is 0 Å². The Kier molecular flexibility index (Phi) is 4.09. The number of carbonyl (C=O) groups is 2. The molecule has 0 bridgehead atoms. The number of carbonyl (C=O) groups excluding carboxylic acids is 1. The molecule has 0 radical (unpaired) electrons. The summed E-state index contributed by atoms with van der Waals surface area (Å²) in [5.41, 5.74) is 1.79. The van der Waals surface area contributed by atoms with E-state index in [9.17, 15) is 9.59 Å². The van der Waals surface area contributed by atoms with Gasteiger partial charge in [-0.15, -0.1) is 0 Å². The predicted octanol–water partition coefficient (Wildman–Crippen LogP) is 2.38. The third-order valence-corrected chi connectivity index (χ3v) is 3.63. The second kappa shape index (κ2) is 5.61. The van der Waals surface area contributed by atoms with Gasteiger partial charge in [0, 0.05) is 29.2 Å². The Labute approximate surface area is 119 Å². The molecule has 2 rings (SSSR count). The number of hydrogen-bond donors (Lipinski definition) is 2. The van der Waals surface area contributed by atoms with E-state index in [1.165, 1.54) is 0 Å². The number of hydrogen-bond acceptors (Lipinski definition) is 2. The van der Waals surface area contributed by atoms with E-state index in [1.807, 2.05) is 25.1 Å².